The number of hydrogen-bond acceptors (Lipinski definition) is 4. The third-order valence-corrected chi connectivity index (χ3v) is 4.86. The quantitative estimate of drug-likeness (QED) is 0.848. The molecule has 6 heteroatoms. The standard InChI is InChI=1S/C21H25N3O3/c1-2-5-19(25)24-10-11-27-21(15-24,20(22)26)13-16-6-3-7-17(12-16)18-8-4-9-23-14-18/h3-4,6-9,12,14H,2,5,10-11,13,15H2,1H3,(H2,22,26)/t21-/m1/s1. The largest absolute Gasteiger partial charge is 0.367 e. The first-order valence-electron chi connectivity index (χ1n) is 9.25. The highest BCUT2D eigenvalue weighted by atomic mass is 16.5. The number of carbonyl (C=O) groups excluding carboxylic acids is 2. The predicted molar refractivity (Wildman–Crippen MR) is 103 cm³/mol. The van der Waals surface area contributed by atoms with Crippen molar-refractivity contribution in [2.24, 2.45) is 5.73 Å². The fourth-order valence-electron chi connectivity index (χ4n) is 3.44. The van der Waals surface area contributed by atoms with E-state index < -0.39 is 11.5 Å². The zero-order valence-electron chi connectivity index (χ0n) is 15.6. The van der Waals surface area contributed by atoms with Crippen LogP contribution in [0.4, 0.5) is 0 Å². The van der Waals surface area contributed by atoms with Gasteiger partial charge in [0.1, 0.15) is 0 Å². The maximum atomic E-state index is 12.3. The van der Waals surface area contributed by atoms with Crippen molar-refractivity contribution in [1.82, 2.24) is 9.88 Å². The molecule has 1 saturated heterocycles. The number of amides is 2. The van der Waals surface area contributed by atoms with Gasteiger partial charge in [0.05, 0.1) is 13.2 Å². The summed E-state index contributed by atoms with van der Waals surface area (Å²) in [6.45, 7) is 2.95. The Morgan fingerprint density at radius 3 is 2.78 bits per heavy atom. The van der Waals surface area contributed by atoms with Gasteiger partial charge in [-0.1, -0.05) is 37.3 Å². The molecular weight excluding hydrogens is 342 g/mol. The van der Waals surface area contributed by atoms with E-state index in [1.54, 1.807) is 17.3 Å². The van der Waals surface area contributed by atoms with Crippen molar-refractivity contribution in [3.05, 3.63) is 54.4 Å². The highest BCUT2D eigenvalue weighted by Gasteiger charge is 2.43. The third kappa shape index (κ3) is 4.34. The van der Waals surface area contributed by atoms with Gasteiger partial charge in [-0.05, 0) is 29.2 Å². The van der Waals surface area contributed by atoms with Crippen molar-refractivity contribution in [3.8, 4) is 11.1 Å². The van der Waals surface area contributed by atoms with Gasteiger partial charge >= 0.3 is 0 Å². The zero-order valence-corrected chi connectivity index (χ0v) is 15.6. The summed E-state index contributed by atoms with van der Waals surface area (Å²) in [6.07, 6.45) is 5.09. The molecule has 6 nitrogen and oxygen atoms in total. The minimum Gasteiger partial charge on any atom is -0.367 e. The van der Waals surface area contributed by atoms with Gasteiger partial charge in [-0.15, -0.1) is 0 Å². The Kier molecular flexibility index (Phi) is 5.86. The maximum Gasteiger partial charge on any atom is 0.251 e. The number of ether oxygens (including phenoxy) is 1. The minimum atomic E-state index is -1.20. The summed E-state index contributed by atoms with van der Waals surface area (Å²) in [4.78, 5) is 30.5. The molecule has 142 valence electrons. The number of hydrogen-bond donors (Lipinski definition) is 1. The van der Waals surface area contributed by atoms with Gasteiger partial charge in [-0.2, -0.15) is 0 Å². The number of pyridine rings is 1. The van der Waals surface area contributed by atoms with Crippen LogP contribution in [0, 0.1) is 0 Å². The van der Waals surface area contributed by atoms with Crippen LogP contribution in [0.1, 0.15) is 25.3 Å². The van der Waals surface area contributed by atoms with E-state index in [1.165, 1.54) is 0 Å². The molecule has 0 radical (unpaired) electrons. The molecule has 2 aromatic rings. The van der Waals surface area contributed by atoms with Crippen molar-refractivity contribution in [1.29, 1.82) is 0 Å². The SMILES string of the molecule is CCCC(=O)N1CCO[C@@](Cc2cccc(-c3cccnc3)c2)(C(N)=O)C1. The molecule has 1 aliphatic rings. The maximum absolute atomic E-state index is 12.3. The number of nitrogens with two attached hydrogens (primary N) is 1. The van der Waals surface area contributed by atoms with Crippen LogP contribution in [0.15, 0.2) is 48.8 Å². The number of aromatic nitrogens is 1. The summed E-state index contributed by atoms with van der Waals surface area (Å²) in [6, 6.07) is 11.8. The van der Waals surface area contributed by atoms with Crippen LogP contribution in [-0.4, -0.2) is 47.0 Å². The second kappa shape index (κ2) is 8.31. The van der Waals surface area contributed by atoms with Gasteiger partial charge in [0.15, 0.2) is 5.60 Å². The van der Waals surface area contributed by atoms with Crippen LogP contribution < -0.4 is 5.73 Å². The van der Waals surface area contributed by atoms with Crippen molar-refractivity contribution in [3.63, 3.8) is 0 Å². The van der Waals surface area contributed by atoms with Gasteiger partial charge in [0.25, 0.3) is 5.91 Å². The Morgan fingerprint density at radius 1 is 1.26 bits per heavy atom. The molecule has 0 bridgehead atoms. The predicted octanol–water partition coefficient (Wildman–Crippen LogP) is 2.17. The van der Waals surface area contributed by atoms with Crippen LogP contribution in [0.2, 0.25) is 0 Å². The van der Waals surface area contributed by atoms with E-state index in [2.05, 4.69) is 4.98 Å². The van der Waals surface area contributed by atoms with Crippen LogP contribution >= 0.6 is 0 Å². The third-order valence-electron chi connectivity index (χ3n) is 4.86. The average molecular weight is 367 g/mol. The Balaban J connectivity index is 1.84. The first-order valence-corrected chi connectivity index (χ1v) is 9.25. The molecule has 1 aromatic heterocycles. The fraction of sp³-hybridized carbons (Fsp3) is 0.381. The van der Waals surface area contributed by atoms with Gasteiger partial charge in [0, 0.05) is 31.8 Å². The summed E-state index contributed by atoms with van der Waals surface area (Å²) in [5.74, 6) is -0.501. The monoisotopic (exact) mass is 367 g/mol. The van der Waals surface area contributed by atoms with Crippen molar-refractivity contribution in [2.45, 2.75) is 31.8 Å². The average Bonchev–Trinajstić information content (AvgIpc) is 2.69. The topological polar surface area (TPSA) is 85.5 Å². The summed E-state index contributed by atoms with van der Waals surface area (Å²) in [7, 11) is 0. The Labute approximate surface area is 159 Å². The summed E-state index contributed by atoms with van der Waals surface area (Å²) in [5.41, 5.74) is 7.46. The van der Waals surface area contributed by atoms with Gasteiger partial charge < -0.3 is 15.4 Å². The molecule has 0 unspecified atom stereocenters. The molecule has 2 N–H and O–H groups in total. The summed E-state index contributed by atoms with van der Waals surface area (Å²) in [5, 5.41) is 0. The van der Waals surface area contributed by atoms with Crippen molar-refractivity contribution >= 4 is 11.8 Å². The first-order chi connectivity index (χ1) is 13.0. The van der Waals surface area contributed by atoms with E-state index in [0.717, 1.165) is 23.1 Å². The van der Waals surface area contributed by atoms with E-state index in [-0.39, 0.29) is 12.5 Å². The van der Waals surface area contributed by atoms with Gasteiger partial charge in [-0.25, -0.2) is 0 Å². The number of nitrogens with zero attached hydrogens (tertiary/aromatic N) is 2. The number of rotatable bonds is 6. The lowest BCUT2D eigenvalue weighted by Crippen LogP contribution is -2.61. The van der Waals surface area contributed by atoms with Crippen molar-refractivity contribution in [2.75, 3.05) is 19.7 Å². The molecule has 1 atom stereocenters. The summed E-state index contributed by atoms with van der Waals surface area (Å²) < 4.78 is 5.85. The van der Waals surface area contributed by atoms with Crippen LogP contribution in [0.25, 0.3) is 11.1 Å². The lowest BCUT2D eigenvalue weighted by Gasteiger charge is -2.41. The fourth-order valence-corrected chi connectivity index (χ4v) is 3.44. The molecule has 1 aliphatic heterocycles. The molecule has 0 aliphatic carbocycles. The highest BCUT2D eigenvalue weighted by molar-refractivity contribution is 5.86. The molecule has 1 aromatic carbocycles. The summed E-state index contributed by atoms with van der Waals surface area (Å²) >= 11 is 0. The first kappa shape index (κ1) is 19.0. The van der Waals surface area contributed by atoms with E-state index >= 15 is 0 Å². The zero-order chi connectivity index (χ0) is 19.3. The normalized spacial score (nSPS) is 19.7. The van der Waals surface area contributed by atoms with E-state index in [1.807, 2.05) is 43.3 Å². The lowest BCUT2D eigenvalue weighted by atomic mass is 9.90. The van der Waals surface area contributed by atoms with Crippen LogP contribution in [-0.2, 0) is 20.7 Å². The lowest BCUT2D eigenvalue weighted by molar-refractivity contribution is -0.163. The highest BCUT2D eigenvalue weighted by Crippen LogP contribution is 2.26. The van der Waals surface area contributed by atoms with E-state index in [4.69, 9.17) is 10.5 Å². The minimum absolute atomic E-state index is 0.0375. The Morgan fingerprint density at radius 2 is 2.07 bits per heavy atom. The number of morpholine rings is 1. The molecule has 1 fully saturated rings. The second-order valence-corrected chi connectivity index (χ2v) is 6.89. The smallest absolute Gasteiger partial charge is 0.251 e. The van der Waals surface area contributed by atoms with Crippen LogP contribution in [0.5, 0.6) is 0 Å². The molecule has 3 rings (SSSR count). The molecule has 0 spiro atoms. The Bertz CT molecular complexity index is 809. The number of benzene rings is 1. The van der Waals surface area contributed by atoms with Gasteiger partial charge in [-0.3, -0.25) is 14.6 Å². The second-order valence-electron chi connectivity index (χ2n) is 6.89. The Hall–Kier alpha value is -2.73. The van der Waals surface area contributed by atoms with Gasteiger partial charge in [0.2, 0.25) is 5.91 Å². The van der Waals surface area contributed by atoms with E-state index in [9.17, 15) is 9.59 Å². The molecule has 2 amide bonds. The van der Waals surface area contributed by atoms with Crippen LogP contribution in [0.3, 0.4) is 0 Å². The molecule has 27 heavy (non-hydrogen) atoms. The number of primary amides is 1. The van der Waals surface area contributed by atoms with E-state index in [0.29, 0.717) is 26.0 Å². The molecular formula is C21H25N3O3. The molecule has 2 heterocycles. The van der Waals surface area contributed by atoms with Crippen molar-refractivity contribution < 1.29 is 14.3 Å². The number of carbonyl (C=O) groups is 2. The molecule has 0 saturated carbocycles.